The van der Waals surface area contributed by atoms with E-state index in [1.807, 2.05) is 0 Å². The third-order valence-electron chi connectivity index (χ3n) is 3.14. The first-order valence-electron chi connectivity index (χ1n) is 5.99. The molecule has 0 radical (unpaired) electrons. The van der Waals surface area contributed by atoms with E-state index in [-0.39, 0.29) is 5.02 Å². The predicted molar refractivity (Wildman–Crippen MR) is 73.1 cm³/mol. The number of benzene rings is 1. The number of hydrogen-bond donors (Lipinski definition) is 2. The van der Waals surface area contributed by atoms with E-state index in [4.69, 9.17) is 17.3 Å². The molecule has 0 aliphatic rings. The average molecular weight is 259 g/mol. The largest absolute Gasteiger partial charge is 0.397 e. The van der Waals surface area contributed by atoms with Crippen LogP contribution in [0.4, 0.5) is 15.8 Å². The fourth-order valence-corrected chi connectivity index (χ4v) is 2.11. The van der Waals surface area contributed by atoms with Crippen molar-refractivity contribution < 1.29 is 4.39 Å². The summed E-state index contributed by atoms with van der Waals surface area (Å²) in [5.74, 6) is 0.155. The molecule has 0 fully saturated rings. The second kappa shape index (κ2) is 6.10. The Morgan fingerprint density at radius 2 is 2.00 bits per heavy atom. The first-order chi connectivity index (χ1) is 8.01. The summed E-state index contributed by atoms with van der Waals surface area (Å²) in [6.45, 7) is 6.69. The third-order valence-corrected chi connectivity index (χ3v) is 3.50. The number of hydrogen-bond acceptors (Lipinski definition) is 2. The standard InChI is InChI=1S/C13H20ClFN2/c1-4-9(5-2)7-17-13-10(16)6-8(3)12(15)11(13)14/h6,9,17H,4-5,7,16H2,1-3H3. The summed E-state index contributed by atoms with van der Waals surface area (Å²) in [5.41, 5.74) is 7.33. The summed E-state index contributed by atoms with van der Waals surface area (Å²) in [6.07, 6.45) is 2.16. The molecular weight excluding hydrogens is 239 g/mol. The molecule has 0 saturated heterocycles. The lowest BCUT2D eigenvalue weighted by Crippen LogP contribution is -2.14. The van der Waals surface area contributed by atoms with Gasteiger partial charge in [-0.05, 0) is 24.5 Å². The predicted octanol–water partition coefficient (Wildman–Crippen LogP) is 4.22. The van der Waals surface area contributed by atoms with Crippen LogP contribution in [-0.2, 0) is 0 Å². The van der Waals surface area contributed by atoms with E-state index in [1.54, 1.807) is 13.0 Å². The Morgan fingerprint density at radius 1 is 1.41 bits per heavy atom. The molecule has 0 bridgehead atoms. The topological polar surface area (TPSA) is 38.0 Å². The second-order valence-corrected chi connectivity index (χ2v) is 4.73. The Bertz CT molecular complexity index is 389. The molecule has 17 heavy (non-hydrogen) atoms. The quantitative estimate of drug-likeness (QED) is 0.776. The zero-order valence-electron chi connectivity index (χ0n) is 10.6. The molecule has 0 aliphatic heterocycles. The van der Waals surface area contributed by atoms with Crippen molar-refractivity contribution >= 4 is 23.0 Å². The van der Waals surface area contributed by atoms with Gasteiger partial charge in [0.05, 0.1) is 11.4 Å². The summed E-state index contributed by atoms with van der Waals surface area (Å²) in [4.78, 5) is 0. The minimum absolute atomic E-state index is 0.0912. The van der Waals surface area contributed by atoms with Crippen LogP contribution in [0.2, 0.25) is 5.02 Å². The molecule has 0 atom stereocenters. The van der Waals surface area contributed by atoms with Gasteiger partial charge in [0.1, 0.15) is 10.8 Å². The molecule has 0 saturated carbocycles. The number of aryl methyl sites for hydroxylation is 1. The van der Waals surface area contributed by atoms with Gasteiger partial charge < -0.3 is 11.1 Å². The summed E-state index contributed by atoms with van der Waals surface area (Å²) >= 11 is 5.96. The third kappa shape index (κ3) is 3.25. The Labute approximate surface area is 107 Å². The number of anilines is 2. The Balaban J connectivity index is 2.88. The van der Waals surface area contributed by atoms with E-state index >= 15 is 0 Å². The molecule has 1 rings (SSSR count). The van der Waals surface area contributed by atoms with Gasteiger partial charge in [-0.15, -0.1) is 0 Å². The normalized spacial score (nSPS) is 10.9. The molecule has 0 heterocycles. The molecule has 0 unspecified atom stereocenters. The number of nitrogen functional groups attached to an aromatic ring is 1. The molecule has 4 heteroatoms. The van der Waals surface area contributed by atoms with Gasteiger partial charge in [-0.1, -0.05) is 38.3 Å². The first kappa shape index (κ1) is 14.1. The van der Waals surface area contributed by atoms with Gasteiger partial charge in [-0.3, -0.25) is 0 Å². The maximum atomic E-state index is 13.6. The van der Waals surface area contributed by atoms with Crippen molar-refractivity contribution in [1.82, 2.24) is 0 Å². The minimum Gasteiger partial charge on any atom is -0.397 e. The van der Waals surface area contributed by atoms with Crippen molar-refractivity contribution in [1.29, 1.82) is 0 Å². The molecule has 0 aromatic heterocycles. The summed E-state index contributed by atoms with van der Waals surface area (Å²) < 4.78 is 13.6. The zero-order chi connectivity index (χ0) is 13.0. The SMILES string of the molecule is CCC(CC)CNc1c(N)cc(C)c(F)c1Cl. The molecule has 96 valence electrons. The lowest BCUT2D eigenvalue weighted by Gasteiger charge is -2.17. The van der Waals surface area contributed by atoms with Gasteiger partial charge in [-0.2, -0.15) is 0 Å². The lowest BCUT2D eigenvalue weighted by molar-refractivity contribution is 0.519. The average Bonchev–Trinajstić information content (AvgIpc) is 2.31. The van der Waals surface area contributed by atoms with Gasteiger partial charge in [0.25, 0.3) is 0 Å². The molecule has 1 aromatic carbocycles. The lowest BCUT2D eigenvalue weighted by atomic mass is 10.0. The Kier molecular flexibility index (Phi) is 5.06. The number of nitrogens with two attached hydrogens (primary N) is 1. The molecular formula is C13H20ClFN2. The maximum Gasteiger partial charge on any atom is 0.146 e. The summed E-state index contributed by atoms with van der Waals surface area (Å²) in [6, 6.07) is 1.61. The number of halogens is 2. The highest BCUT2D eigenvalue weighted by Crippen LogP contribution is 2.33. The van der Waals surface area contributed by atoms with Crippen LogP contribution in [0.3, 0.4) is 0 Å². The van der Waals surface area contributed by atoms with Crippen LogP contribution >= 0.6 is 11.6 Å². The molecule has 3 N–H and O–H groups in total. The molecule has 0 amide bonds. The van der Waals surface area contributed by atoms with Crippen molar-refractivity contribution in [2.24, 2.45) is 5.92 Å². The van der Waals surface area contributed by atoms with Gasteiger partial charge in [0.15, 0.2) is 0 Å². The van der Waals surface area contributed by atoms with Crippen LogP contribution in [0, 0.1) is 18.7 Å². The van der Waals surface area contributed by atoms with Crippen molar-refractivity contribution in [2.75, 3.05) is 17.6 Å². The van der Waals surface area contributed by atoms with E-state index in [0.29, 0.717) is 22.9 Å². The van der Waals surface area contributed by atoms with Crippen LogP contribution in [0.25, 0.3) is 0 Å². The van der Waals surface area contributed by atoms with Gasteiger partial charge in [0.2, 0.25) is 0 Å². The van der Waals surface area contributed by atoms with Crippen LogP contribution in [0.15, 0.2) is 6.07 Å². The van der Waals surface area contributed by atoms with Crippen molar-refractivity contribution in [3.63, 3.8) is 0 Å². The van der Waals surface area contributed by atoms with Crippen LogP contribution < -0.4 is 11.1 Å². The van der Waals surface area contributed by atoms with Crippen molar-refractivity contribution in [3.8, 4) is 0 Å². The first-order valence-corrected chi connectivity index (χ1v) is 6.36. The zero-order valence-corrected chi connectivity index (χ0v) is 11.4. The van der Waals surface area contributed by atoms with Crippen LogP contribution in [-0.4, -0.2) is 6.54 Å². The number of rotatable bonds is 5. The summed E-state index contributed by atoms with van der Waals surface area (Å²) in [5, 5.41) is 3.25. The minimum atomic E-state index is -0.395. The highest BCUT2D eigenvalue weighted by molar-refractivity contribution is 6.34. The van der Waals surface area contributed by atoms with E-state index in [9.17, 15) is 4.39 Å². The highest BCUT2D eigenvalue weighted by Gasteiger charge is 2.14. The summed E-state index contributed by atoms with van der Waals surface area (Å²) in [7, 11) is 0. The van der Waals surface area contributed by atoms with Crippen LogP contribution in [0.5, 0.6) is 0 Å². The van der Waals surface area contributed by atoms with Gasteiger partial charge in [-0.25, -0.2) is 4.39 Å². The molecule has 0 spiro atoms. The fourth-order valence-electron chi connectivity index (χ4n) is 1.78. The smallest absolute Gasteiger partial charge is 0.146 e. The van der Waals surface area contributed by atoms with Crippen LogP contribution in [0.1, 0.15) is 32.3 Å². The Hall–Kier alpha value is -0.960. The molecule has 1 aromatic rings. The van der Waals surface area contributed by atoms with Gasteiger partial charge in [0, 0.05) is 6.54 Å². The maximum absolute atomic E-state index is 13.6. The van der Waals surface area contributed by atoms with E-state index in [0.717, 1.165) is 19.4 Å². The van der Waals surface area contributed by atoms with Crippen molar-refractivity contribution in [3.05, 3.63) is 22.5 Å². The Morgan fingerprint density at radius 3 is 2.53 bits per heavy atom. The molecule has 0 aliphatic carbocycles. The van der Waals surface area contributed by atoms with E-state index < -0.39 is 5.82 Å². The molecule has 2 nitrogen and oxygen atoms in total. The number of nitrogens with one attached hydrogen (secondary N) is 1. The van der Waals surface area contributed by atoms with E-state index in [2.05, 4.69) is 19.2 Å². The van der Waals surface area contributed by atoms with Crippen molar-refractivity contribution in [2.45, 2.75) is 33.6 Å². The fraction of sp³-hybridized carbons (Fsp3) is 0.538. The van der Waals surface area contributed by atoms with Gasteiger partial charge >= 0.3 is 0 Å². The van der Waals surface area contributed by atoms with E-state index in [1.165, 1.54) is 0 Å². The monoisotopic (exact) mass is 258 g/mol. The second-order valence-electron chi connectivity index (χ2n) is 4.35. The highest BCUT2D eigenvalue weighted by atomic mass is 35.5.